The van der Waals surface area contributed by atoms with E-state index in [-0.39, 0.29) is 5.91 Å². The fourth-order valence-electron chi connectivity index (χ4n) is 1.92. The maximum atomic E-state index is 12.5. The van der Waals surface area contributed by atoms with E-state index in [0.717, 1.165) is 5.56 Å². The molecule has 0 radical (unpaired) electrons. The first-order chi connectivity index (χ1) is 8.71. The number of nitrogens with zero attached hydrogens (tertiary/aromatic N) is 1. The topological polar surface area (TPSA) is 57.6 Å². The van der Waals surface area contributed by atoms with Crippen molar-refractivity contribution in [2.24, 2.45) is 0 Å². The summed E-state index contributed by atoms with van der Waals surface area (Å²) in [7, 11) is 0. The molecule has 0 heterocycles. The second-order valence-corrected chi connectivity index (χ2v) is 5.31. The Kier molecular flexibility index (Phi) is 4.58. The van der Waals surface area contributed by atoms with Crippen LogP contribution < -0.4 is 0 Å². The van der Waals surface area contributed by atoms with E-state index in [1.807, 2.05) is 0 Å². The number of likely N-dealkylation sites (N-methyl/N-ethyl adjacent to an activating group) is 1. The van der Waals surface area contributed by atoms with Crippen LogP contribution in [-0.2, 0) is 4.79 Å². The Morgan fingerprint density at radius 3 is 2.37 bits per heavy atom. The van der Waals surface area contributed by atoms with Crippen molar-refractivity contribution < 1.29 is 14.7 Å². The Labute approximate surface area is 118 Å². The highest BCUT2D eigenvalue weighted by Crippen LogP contribution is 2.22. The molecule has 1 aromatic carbocycles. The summed E-state index contributed by atoms with van der Waals surface area (Å²) < 4.78 is 0. The first-order valence-electron chi connectivity index (χ1n) is 6.03. The average molecular weight is 284 g/mol. The van der Waals surface area contributed by atoms with Crippen molar-refractivity contribution in [3.8, 4) is 0 Å². The molecule has 1 rings (SSSR count). The van der Waals surface area contributed by atoms with E-state index in [1.165, 1.54) is 18.7 Å². The number of aliphatic carboxylic acids is 1. The van der Waals surface area contributed by atoms with E-state index in [0.29, 0.717) is 17.1 Å². The van der Waals surface area contributed by atoms with Gasteiger partial charge in [-0.15, -0.1) is 0 Å². The van der Waals surface area contributed by atoms with Gasteiger partial charge in [-0.05, 0) is 51.5 Å². The number of carbonyl (C=O) groups is 2. The Morgan fingerprint density at radius 1 is 1.37 bits per heavy atom. The predicted molar refractivity (Wildman–Crippen MR) is 74.6 cm³/mol. The van der Waals surface area contributed by atoms with Crippen molar-refractivity contribution in [3.63, 3.8) is 0 Å². The van der Waals surface area contributed by atoms with Gasteiger partial charge in [0.25, 0.3) is 5.91 Å². The lowest BCUT2D eigenvalue weighted by molar-refractivity contribution is -0.147. The molecule has 0 saturated carbocycles. The highest BCUT2D eigenvalue weighted by molar-refractivity contribution is 6.30. The fraction of sp³-hybridized carbons (Fsp3) is 0.429. The molecular formula is C14H18ClNO3. The van der Waals surface area contributed by atoms with Crippen molar-refractivity contribution in [3.05, 3.63) is 34.3 Å². The SMILES string of the molecule is CCN(C(=O)c1ccc(Cl)cc1C)C(C)(C)C(=O)O. The second-order valence-electron chi connectivity index (χ2n) is 4.87. The highest BCUT2D eigenvalue weighted by atomic mass is 35.5. The zero-order chi connectivity index (χ0) is 14.8. The van der Waals surface area contributed by atoms with Gasteiger partial charge in [0.1, 0.15) is 5.54 Å². The van der Waals surface area contributed by atoms with Crippen LogP contribution in [0, 0.1) is 6.92 Å². The van der Waals surface area contributed by atoms with Gasteiger partial charge in [-0.1, -0.05) is 11.6 Å². The molecule has 0 unspecified atom stereocenters. The molecule has 0 fully saturated rings. The predicted octanol–water partition coefficient (Wildman–Crippen LogP) is 2.97. The lowest BCUT2D eigenvalue weighted by Gasteiger charge is -2.34. The summed E-state index contributed by atoms with van der Waals surface area (Å²) in [6.07, 6.45) is 0. The molecule has 0 atom stereocenters. The first-order valence-corrected chi connectivity index (χ1v) is 6.41. The molecule has 0 aromatic heterocycles. The quantitative estimate of drug-likeness (QED) is 0.924. The van der Waals surface area contributed by atoms with Gasteiger partial charge in [0.15, 0.2) is 0 Å². The van der Waals surface area contributed by atoms with Crippen LogP contribution in [0.1, 0.15) is 36.7 Å². The fourth-order valence-corrected chi connectivity index (χ4v) is 2.15. The van der Waals surface area contributed by atoms with Crippen LogP contribution in [0.3, 0.4) is 0 Å². The Hall–Kier alpha value is -1.55. The third-order valence-corrected chi connectivity index (χ3v) is 3.41. The lowest BCUT2D eigenvalue weighted by Crippen LogP contribution is -2.53. The second kappa shape index (κ2) is 5.61. The third-order valence-electron chi connectivity index (χ3n) is 3.18. The molecular weight excluding hydrogens is 266 g/mol. The number of amides is 1. The van der Waals surface area contributed by atoms with E-state index in [1.54, 1.807) is 32.0 Å². The number of aryl methyl sites for hydroxylation is 1. The van der Waals surface area contributed by atoms with Crippen LogP contribution >= 0.6 is 11.6 Å². The van der Waals surface area contributed by atoms with Gasteiger partial charge >= 0.3 is 5.97 Å². The minimum Gasteiger partial charge on any atom is -0.480 e. The summed E-state index contributed by atoms with van der Waals surface area (Å²) in [5.41, 5.74) is -0.0459. The van der Waals surface area contributed by atoms with Crippen molar-refractivity contribution in [2.75, 3.05) is 6.54 Å². The summed E-state index contributed by atoms with van der Waals surface area (Å²) in [4.78, 5) is 25.1. The van der Waals surface area contributed by atoms with Gasteiger partial charge in [-0.3, -0.25) is 4.79 Å². The number of rotatable bonds is 4. The summed E-state index contributed by atoms with van der Waals surface area (Å²) >= 11 is 5.86. The maximum Gasteiger partial charge on any atom is 0.329 e. The van der Waals surface area contributed by atoms with Crippen LogP contribution in [0.5, 0.6) is 0 Å². The number of carbonyl (C=O) groups excluding carboxylic acids is 1. The molecule has 1 aromatic rings. The van der Waals surface area contributed by atoms with Gasteiger partial charge in [-0.25, -0.2) is 4.79 Å². The molecule has 0 spiro atoms. The normalized spacial score (nSPS) is 11.2. The van der Waals surface area contributed by atoms with Gasteiger partial charge in [0.05, 0.1) is 0 Å². The van der Waals surface area contributed by atoms with E-state index in [2.05, 4.69) is 0 Å². The van der Waals surface area contributed by atoms with Crippen molar-refractivity contribution in [1.29, 1.82) is 0 Å². The summed E-state index contributed by atoms with van der Waals surface area (Å²) in [5.74, 6) is -1.33. The van der Waals surface area contributed by atoms with E-state index in [9.17, 15) is 14.7 Å². The molecule has 0 aliphatic heterocycles. The molecule has 1 amide bonds. The van der Waals surface area contributed by atoms with Crippen LogP contribution in [0.25, 0.3) is 0 Å². The van der Waals surface area contributed by atoms with Crippen LogP contribution in [-0.4, -0.2) is 34.0 Å². The van der Waals surface area contributed by atoms with Gasteiger partial charge in [0, 0.05) is 17.1 Å². The van der Waals surface area contributed by atoms with E-state index < -0.39 is 11.5 Å². The minimum atomic E-state index is -1.25. The van der Waals surface area contributed by atoms with Crippen molar-refractivity contribution >= 4 is 23.5 Å². The number of halogens is 1. The lowest BCUT2D eigenvalue weighted by atomic mass is 10.00. The molecule has 1 N–H and O–H groups in total. The smallest absolute Gasteiger partial charge is 0.329 e. The molecule has 104 valence electrons. The molecule has 0 saturated heterocycles. The highest BCUT2D eigenvalue weighted by Gasteiger charge is 2.37. The molecule has 19 heavy (non-hydrogen) atoms. The van der Waals surface area contributed by atoms with Gasteiger partial charge in [0.2, 0.25) is 0 Å². The zero-order valence-corrected chi connectivity index (χ0v) is 12.3. The molecule has 0 aliphatic carbocycles. The van der Waals surface area contributed by atoms with Crippen molar-refractivity contribution in [2.45, 2.75) is 33.2 Å². The standard InChI is InChI=1S/C14H18ClNO3/c1-5-16(14(3,4)13(18)19)12(17)11-7-6-10(15)8-9(11)2/h6-8H,5H2,1-4H3,(H,18,19). The number of carboxylic acids is 1. The first kappa shape index (κ1) is 15.5. The molecule has 4 nitrogen and oxygen atoms in total. The van der Waals surface area contributed by atoms with E-state index in [4.69, 9.17) is 11.6 Å². The molecule has 0 aliphatic rings. The summed E-state index contributed by atoms with van der Waals surface area (Å²) in [5, 5.41) is 9.79. The number of hydrogen-bond acceptors (Lipinski definition) is 2. The minimum absolute atomic E-state index is 0.302. The van der Waals surface area contributed by atoms with Crippen LogP contribution in [0.4, 0.5) is 0 Å². The Bertz CT molecular complexity index is 511. The maximum absolute atomic E-state index is 12.5. The monoisotopic (exact) mass is 283 g/mol. The largest absolute Gasteiger partial charge is 0.480 e. The third kappa shape index (κ3) is 3.07. The zero-order valence-electron chi connectivity index (χ0n) is 11.5. The van der Waals surface area contributed by atoms with Crippen LogP contribution in [0.2, 0.25) is 5.02 Å². The summed E-state index contributed by atoms with van der Waals surface area (Å²) in [6.45, 7) is 6.89. The van der Waals surface area contributed by atoms with Crippen molar-refractivity contribution in [1.82, 2.24) is 4.90 Å². The number of benzene rings is 1. The molecule has 5 heteroatoms. The Balaban J connectivity index is 3.19. The number of carboxylic acid groups (broad SMARTS) is 1. The average Bonchev–Trinajstić information content (AvgIpc) is 2.28. The number of hydrogen-bond donors (Lipinski definition) is 1. The Morgan fingerprint density at radius 2 is 1.95 bits per heavy atom. The van der Waals surface area contributed by atoms with Gasteiger partial charge < -0.3 is 10.0 Å². The van der Waals surface area contributed by atoms with E-state index >= 15 is 0 Å². The van der Waals surface area contributed by atoms with Gasteiger partial charge in [-0.2, -0.15) is 0 Å². The molecule has 0 bridgehead atoms. The summed E-state index contributed by atoms with van der Waals surface area (Å²) in [6, 6.07) is 4.94. The van der Waals surface area contributed by atoms with Crippen LogP contribution in [0.15, 0.2) is 18.2 Å².